The van der Waals surface area contributed by atoms with Crippen molar-refractivity contribution < 1.29 is 13.7 Å². The van der Waals surface area contributed by atoms with Crippen molar-refractivity contribution in [3.05, 3.63) is 77.6 Å². The van der Waals surface area contributed by atoms with Gasteiger partial charge in [-0.1, -0.05) is 47.6 Å². The molecule has 0 saturated carbocycles. The van der Waals surface area contributed by atoms with Crippen LogP contribution < -0.4 is 5.32 Å². The molecule has 142 valence electrons. The highest BCUT2D eigenvalue weighted by Gasteiger charge is 2.35. The summed E-state index contributed by atoms with van der Waals surface area (Å²) in [5.74, 6) is 0.449. The monoisotopic (exact) mass is 378 g/mol. The summed E-state index contributed by atoms with van der Waals surface area (Å²) in [4.78, 5) is 18.7. The molecule has 0 bridgehead atoms. The van der Waals surface area contributed by atoms with E-state index >= 15 is 0 Å². The summed E-state index contributed by atoms with van der Waals surface area (Å²) < 4.78 is 18.9. The van der Waals surface area contributed by atoms with Gasteiger partial charge in [-0.2, -0.15) is 4.98 Å². The average Bonchev–Trinajstić information content (AvgIpc) is 3.19. The van der Waals surface area contributed by atoms with Gasteiger partial charge in [0, 0.05) is 17.8 Å². The first-order valence-corrected chi connectivity index (χ1v) is 9.02. The first-order chi connectivity index (χ1) is 13.6. The minimum atomic E-state index is -0.514. The van der Waals surface area contributed by atoms with Crippen molar-refractivity contribution in [2.24, 2.45) is 0 Å². The Labute approximate surface area is 161 Å². The van der Waals surface area contributed by atoms with Crippen molar-refractivity contribution in [1.82, 2.24) is 20.4 Å². The molecule has 0 spiro atoms. The molecule has 1 unspecified atom stereocenters. The van der Waals surface area contributed by atoms with Crippen molar-refractivity contribution in [2.45, 2.75) is 19.9 Å². The van der Waals surface area contributed by atoms with Crippen molar-refractivity contribution in [3.8, 4) is 11.4 Å². The van der Waals surface area contributed by atoms with Crippen LogP contribution in [0.4, 0.5) is 9.18 Å². The van der Waals surface area contributed by atoms with Gasteiger partial charge in [0.1, 0.15) is 5.82 Å². The molecule has 1 atom stereocenters. The fourth-order valence-electron chi connectivity index (χ4n) is 3.38. The Balaban J connectivity index is 1.82. The maximum atomic E-state index is 13.4. The third-order valence-electron chi connectivity index (χ3n) is 4.80. The fourth-order valence-corrected chi connectivity index (χ4v) is 3.38. The molecule has 0 aliphatic carbocycles. The van der Waals surface area contributed by atoms with Gasteiger partial charge >= 0.3 is 6.03 Å². The molecule has 3 aromatic rings. The number of halogens is 1. The molecule has 1 aliphatic rings. The lowest BCUT2D eigenvalue weighted by molar-refractivity contribution is 0.207. The second-order valence-corrected chi connectivity index (χ2v) is 6.47. The summed E-state index contributed by atoms with van der Waals surface area (Å²) in [7, 11) is 0. The standard InChI is InChI=1S/C21H19FN4O2/c1-3-26-13(2)17(18(23-21(26)27)14-9-11-16(22)12-10-14)20-24-19(25-28-20)15-7-5-4-6-8-15/h4-12,18H,3H2,1-2H3,(H,23,27). The summed E-state index contributed by atoms with van der Waals surface area (Å²) in [5.41, 5.74) is 2.99. The van der Waals surface area contributed by atoms with Gasteiger partial charge in [0.2, 0.25) is 5.82 Å². The quantitative estimate of drug-likeness (QED) is 0.731. The lowest BCUT2D eigenvalue weighted by atomic mass is 9.94. The molecular formula is C21H19FN4O2. The third kappa shape index (κ3) is 3.15. The maximum Gasteiger partial charge on any atom is 0.322 e. The van der Waals surface area contributed by atoms with Crippen LogP contribution in [0, 0.1) is 5.82 Å². The molecule has 28 heavy (non-hydrogen) atoms. The number of allylic oxidation sites excluding steroid dienone is 1. The number of benzene rings is 2. The minimum absolute atomic E-state index is 0.221. The maximum absolute atomic E-state index is 13.4. The second kappa shape index (κ2) is 7.26. The van der Waals surface area contributed by atoms with Gasteiger partial charge in [-0.25, -0.2) is 9.18 Å². The van der Waals surface area contributed by atoms with Crippen molar-refractivity contribution in [3.63, 3.8) is 0 Å². The number of aromatic nitrogens is 2. The van der Waals surface area contributed by atoms with Crippen LogP contribution in [0.3, 0.4) is 0 Å². The molecule has 0 saturated heterocycles. The Bertz CT molecular complexity index is 1030. The molecule has 7 heteroatoms. The molecule has 1 N–H and O–H groups in total. The van der Waals surface area contributed by atoms with E-state index in [4.69, 9.17) is 4.52 Å². The Kier molecular flexibility index (Phi) is 4.65. The number of amides is 2. The Morgan fingerprint density at radius 3 is 2.54 bits per heavy atom. The average molecular weight is 378 g/mol. The number of nitrogens with zero attached hydrogens (tertiary/aromatic N) is 3. The molecular weight excluding hydrogens is 359 g/mol. The van der Waals surface area contributed by atoms with E-state index in [0.717, 1.165) is 16.8 Å². The molecule has 1 aromatic heterocycles. The van der Waals surface area contributed by atoms with Gasteiger partial charge < -0.3 is 9.84 Å². The van der Waals surface area contributed by atoms with E-state index in [1.165, 1.54) is 12.1 Å². The van der Waals surface area contributed by atoms with E-state index in [-0.39, 0.29) is 11.8 Å². The molecule has 6 nitrogen and oxygen atoms in total. The zero-order valence-electron chi connectivity index (χ0n) is 15.5. The largest absolute Gasteiger partial charge is 0.334 e. The normalized spacial score (nSPS) is 17.0. The molecule has 2 aromatic carbocycles. The number of urea groups is 1. The van der Waals surface area contributed by atoms with E-state index in [9.17, 15) is 9.18 Å². The van der Waals surface area contributed by atoms with Gasteiger partial charge in [-0.05, 0) is 31.5 Å². The van der Waals surface area contributed by atoms with Crippen molar-refractivity contribution >= 4 is 11.6 Å². The van der Waals surface area contributed by atoms with Crippen LogP contribution in [0.5, 0.6) is 0 Å². The minimum Gasteiger partial charge on any atom is -0.334 e. The van der Waals surface area contributed by atoms with Gasteiger partial charge in [0.15, 0.2) is 0 Å². The molecule has 4 rings (SSSR count). The van der Waals surface area contributed by atoms with E-state index < -0.39 is 6.04 Å². The van der Waals surface area contributed by atoms with E-state index in [0.29, 0.717) is 23.8 Å². The van der Waals surface area contributed by atoms with Crippen LogP contribution in [0.15, 0.2) is 64.8 Å². The van der Waals surface area contributed by atoms with Crippen LogP contribution in [0.25, 0.3) is 17.0 Å². The SMILES string of the molecule is CCN1C(=O)NC(c2ccc(F)cc2)C(c2nc(-c3ccccc3)no2)=C1C. The molecule has 0 radical (unpaired) electrons. The van der Waals surface area contributed by atoms with Crippen molar-refractivity contribution in [2.75, 3.05) is 6.54 Å². The third-order valence-corrected chi connectivity index (χ3v) is 4.80. The number of rotatable bonds is 4. The van der Waals surface area contributed by atoms with Crippen LogP contribution >= 0.6 is 0 Å². The first-order valence-electron chi connectivity index (χ1n) is 9.02. The molecule has 1 aliphatic heterocycles. The molecule has 2 heterocycles. The zero-order chi connectivity index (χ0) is 19.7. The lowest BCUT2D eigenvalue weighted by Gasteiger charge is -2.34. The topological polar surface area (TPSA) is 71.3 Å². The van der Waals surface area contributed by atoms with E-state index in [1.54, 1.807) is 17.0 Å². The van der Waals surface area contributed by atoms with Crippen LogP contribution in [0.2, 0.25) is 0 Å². The number of hydrogen-bond donors (Lipinski definition) is 1. The fraction of sp³-hybridized carbons (Fsp3) is 0.190. The number of carbonyl (C=O) groups excluding carboxylic acids is 1. The highest BCUT2D eigenvalue weighted by Crippen LogP contribution is 2.37. The van der Waals surface area contributed by atoms with Crippen LogP contribution in [-0.4, -0.2) is 27.6 Å². The van der Waals surface area contributed by atoms with Crippen molar-refractivity contribution in [1.29, 1.82) is 0 Å². The molecule has 2 amide bonds. The summed E-state index contributed by atoms with van der Waals surface area (Å²) in [6, 6.07) is 14.8. The number of carbonyl (C=O) groups is 1. The van der Waals surface area contributed by atoms with E-state index in [2.05, 4.69) is 15.5 Å². The molecule has 0 fully saturated rings. The Morgan fingerprint density at radius 1 is 1.14 bits per heavy atom. The zero-order valence-corrected chi connectivity index (χ0v) is 15.5. The first kappa shape index (κ1) is 17.9. The van der Waals surface area contributed by atoms with Gasteiger partial charge in [0.25, 0.3) is 5.89 Å². The van der Waals surface area contributed by atoms with E-state index in [1.807, 2.05) is 44.2 Å². The summed E-state index contributed by atoms with van der Waals surface area (Å²) in [6.07, 6.45) is 0. The Hall–Kier alpha value is -3.48. The summed E-state index contributed by atoms with van der Waals surface area (Å²) >= 11 is 0. The van der Waals surface area contributed by atoms with Crippen LogP contribution in [0.1, 0.15) is 31.3 Å². The Morgan fingerprint density at radius 2 is 1.86 bits per heavy atom. The summed E-state index contributed by atoms with van der Waals surface area (Å²) in [5, 5.41) is 7.06. The predicted molar refractivity (Wildman–Crippen MR) is 102 cm³/mol. The van der Waals surface area contributed by atoms with Gasteiger partial charge in [-0.15, -0.1) is 0 Å². The smallest absolute Gasteiger partial charge is 0.322 e. The predicted octanol–water partition coefficient (Wildman–Crippen LogP) is 4.39. The highest BCUT2D eigenvalue weighted by molar-refractivity contribution is 5.86. The second-order valence-electron chi connectivity index (χ2n) is 6.47. The highest BCUT2D eigenvalue weighted by atomic mass is 19.1. The number of hydrogen-bond acceptors (Lipinski definition) is 4. The number of nitrogens with one attached hydrogen (secondary N) is 1. The van der Waals surface area contributed by atoms with Gasteiger partial charge in [0.05, 0.1) is 11.6 Å². The lowest BCUT2D eigenvalue weighted by Crippen LogP contribution is -2.45. The van der Waals surface area contributed by atoms with Gasteiger partial charge in [-0.3, -0.25) is 4.90 Å². The summed E-state index contributed by atoms with van der Waals surface area (Å²) in [6.45, 7) is 4.24. The van der Waals surface area contributed by atoms with Crippen LogP contribution in [-0.2, 0) is 0 Å².